The van der Waals surface area contributed by atoms with Crippen molar-refractivity contribution in [1.82, 2.24) is 5.01 Å². The van der Waals surface area contributed by atoms with Gasteiger partial charge in [-0.15, -0.1) is 0 Å². The largest absolute Gasteiger partial charge is 0.464 e. The zero-order valence-electron chi connectivity index (χ0n) is 16.0. The Balaban J connectivity index is 1.42. The first-order valence-corrected chi connectivity index (χ1v) is 9.84. The van der Waals surface area contributed by atoms with Gasteiger partial charge in [0, 0.05) is 23.1 Å². The summed E-state index contributed by atoms with van der Waals surface area (Å²) in [5.74, 6) is 2.50. The smallest absolute Gasteiger partial charge is 0.231 e. The molecule has 5 nitrogen and oxygen atoms in total. The van der Waals surface area contributed by atoms with Crippen LogP contribution >= 0.6 is 0 Å². The van der Waals surface area contributed by atoms with Gasteiger partial charge in [-0.3, -0.25) is 0 Å². The predicted molar refractivity (Wildman–Crippen MR) is 109 cm³/mol. The van der Waals surface area contributed by atoms with Crippen molar-refractivity contribution in [1.29, 1.82) is 0 Å². The van der Waals surface area contributed by atoms with Gasteiger partial charge < -0.3 is 14.2 Å². The highest BCUT2D eigenvalue weighted by Crippen LogP contribution is 2.47. The summed E-state index contributed by atoms with van der Waals surface area (Å²) in [6, 6.07) is 22.9. The second-order valence-corrected chi connectivity index (χ2v) is 7.63. The number of nitrogens with zero attached hydrogens (tertiary/aromatic N) is 2. The summed E-state index contributed by atoms with van der Waals surface area (Å²) in [4.78, 5) is 0. The molecule has 6 rings (SSSR count). The zero-order valence-corrected chi connectivity index (χ0v) is 16.0. The number of hydrogen-bond donors (Lipinski definition) is 0. The molecule has 0 aromatic heterocycles. The van der Waals surface area contributed by atoms with E-state index in [9.17, 15) is 0 Å². The van der Waals surface area contributed by atoms with E-state index in [1.54, 1.807) is 0 Å². The summed E-state index contributed by atoms with van der Waals surface area (Å²) in [7, 11) is 0. The van der Waals surface area contributed by atoms with Gasteiger partial charge in [-0.2, -0.15) is 5.10 Å². The lowest BCUT2D eigenvalue weighted by Gasteiger charge is -2.38. The average Bonchev–Trinajstić information content (AvgIpc) is 3.40. The number of para-hydroxylation sites is 1. The van der Waals surface area contributed by atoms with Crippen molar-refractivity contribution in [3.8, 4) is 17.2 Å². The Hall–Kier alpha value is -3.47. The van der Waals surface area contributed by atoms with E-state index in [0.717, 1.165) is 40.5 Å². The molecule has 3 aliphatic heterocycles. The Labute approximate surface area is 169 Å². The molecule has 0 spiro atoms. The lowest BCUT2D eigenvalue weighted by atomic mass is 9.95. The van der Waals surface area contributed by atoms with Crippen LogP contribution in [0.4, 0.5) is 0 Å². The number of fused-ring (bicyclic) bond motifs is 4. The number of hydrogen-bond acceptors (Lipinski definition) is 5. The minimum Gasteiger partial charge on any atom is -0.464 e. The number of hydrazone groups is 1. The molecule has 3 heterocycles. The molecule has 0 N–H and O–H groups in total. The van der Waals surface area contributed by atoms with Crippen molar-refractivity contribution in [2.24, 2.45) is 5.10 Å². The van der Waals surface area contributed by atoms with E-state index in [1.807, 2.05) is 24.3 Å². The fourth-order valence-electron chi connectivity index (χ4n) is 4.24. The molecule has 0 fully saturated rings. The fourth-order valence-corrected chi connectivity index (χ4v) is 4.24. The van der Waals surface area contributed by atoms with E-state index in [2.05, 4.69) is 54.4 Å². The first kappa shape index (κ1) is 16.5. The topological polar surface area (TPSA) is 43.3 Å². The van der Waals surface area contributed by atoms with Gasteiger partial charge >= 0.3 is 0 Å². The van der Waals surface area contributed by atoms with Gasteiger partial charge in [-0.25, -0.2) is 5.01 Å². The van der Waals surface area contributed by atoms with Crippen LogP contribution < -0.4 is 14.2 Å². The van der Waals surface area contributed by atoms with E-state index < -0.39 is 0 Å². The van der Waals surface area contributed by atoms with E-state index in [1.165, 1.54) is 11.1 Å². The van der Waals surface area contributed by atoms with Crippen LogP contribution in [0.5, 0.6) is 17.2 Å². The molecule has 5 heteroatoms. The Bertz CT molecular complexity index is 1120. The van der Waals surface area contributed by atoms with Crippen LogP contribution in [0, 0.1) is 6.92 Å². The molecular formula is C24H20N2O3. The minimum atomic E-state index is -0.248. The normalized spacial score (nSPS) is 21.3. The van der Waals surface area contributed by atoms with Crippen LogP contribution in [-0.2, 0) is 0 Å². The summed E-state index contributed by atoms with van der Waals surface area (Å²) in [6.07, 6.45) is 0.574. The molecule has 3 aliphatic rings. The fraction of sp³-hybridized carbons (Fsp3) is 0.208. The second kappa shape index (κ2) is 6.27. The van der Waals surface area contributed by atoms with Crippen molar-refractivity contribution in [2.45, 2.75) is 25.6 Å². The lowest BCUT2D eigenvalue weighted by molar-refractivity contribution is -0.0190. The molecule has 0 bridgehead atoms. The van der Waals surface area contributed by atoms with Gasteiger partial charge in [0.1, 0.15) is 5.75 Å². The molecule has 144 valence electrons. The predicted octanol–water partition coefficient (Wildman–Crippen LogP) is 4.97. The summed E-state index contributed by atoms with van der Waals surface area (Å²) < 4.78 is 17.4. The quantitative estimate of drug-likeness (QED) is 0.626. The monoisotopic (exact) mass is 384 g/mol. The Kier molecular flexibility index (Phi) is 3.57. The molecule has 2 atom stereocenters. The number of benzene rings is 3. The SMILES string of the molecule is Cc1ccc([C@H]2Oc3ccccc3[C@H]3CC(c4ccc5c(c4)OCO5)=NN32)cc1. The Morgan fingerprint density at radius 3 is 2.62 bits per heavy atom. The molecule has 0 amide bonds. The van der Waals surface area contributed by atoms with E-state index >= 15 is 0 Å². The molecular weight excluding hydrogens is 364 g/mol. The van der Waals surface area contributed by atoms with Crippen LogP contribution in [0.3, 0.4) is 0 Å². The van der Waals surface area contributed by atoms with Gasteiger partial charge in [-0.05, 0) is 31.2 Å². The highest BCUT2D eigenvalue weighted by Gasteiger charge is 2.41. The van der Waals surface area contributed by atoms with Crippen LogP contribution in [0.15, 0.2) is 71.8 Å². The van der Waals surface area contributed by atoms with Crippen molar-refractivity contribution in [3.05, 3.63) is 89.0 Å². The van der Waals surface area contributed by atoms with E-state index in [0.29, 0.717) is 0 Å². The average molecular weight is 384 g/mol. The van der Waals surface area contributed by atoms with Crippen LogP contribution in [0.2, 0.25) is 0 Å². The van der Waals surface area contributed by atoms with Gasteiger partial charge in [0.05, 0.1) is 11.8 Å². The summed E-state index contributed by atoms with van der Waals surface area (Å²) in [5.41, 5.74) is 5.60. The van der Waals surface area contributed by atoms with Crippen molar-refractivity contribution in [3.63, 3.8) is 0 Å². The number of aryl methyl sites for hydroxylation is 1. The van der Waals surface area contributed by atoms with E-state index in [-0.39, 0.29) is 19.1 Å². The van der Waals surface area contributed by atoms with E-state index in [4.69, 9.17) is 19.3 Å². The first-order valence-electron chi connectivity index (χ1n) is 9.84. The minimum absolute atomic E-state index is 0.145. The molecule has 0 aliphatic carbocycles. The zero-order chi connectivity index (χ0) is 19.4. The molecule has 3 aromatic rings. The van der Waals surface area contributed by atoms with Gasteiger partial charge in [0.15, 0.2) is 11.5 Å². The standard InChI is InChI=1S/C24H20N2O3/c1-15-6-8-16(9-7-15)24-26-20(18-4-2-3-5-21(18)29-24)13-19(25-26)17-10-11-22-23(12-17)28-14-27-22/h2-12,20,24H,13-14H2,1H3/t20-,24-/m1/s1. The van der Waals surface area contributed by atoms with Crippen LogP contribution in [-0.4, -0.2) is 17.5 Å². The Morgan fingerprint density at radius 1 is 0.897 bits per heavy atom. The molecule has 3 aromatic carbocycles. The number of ether oxygens (including phenoxy) is 3. The highest BCUT2D eigenvalue weighted by molar-refractivity contribution is 6.02. The molecule has 0 unspecified atom stereocenters. The summed E-state index contributed by atoms with van der Waals surface area (Å²) >= 11 is 0. The van der Waals surface area contributed by atoms with Crippen LogP contribution in [0.1, 0.15) is 40.9 Å². The molecule has 0 saturated carbocycles. The third-order valence-electron chi connectivity index (χ3n) is 5.77. The van der Waals surface area contributed by atoms with Crippen molar-refractivity contribution in [2.75, 3.05) is 6.79 Å². The lowest BCUT2D eigenvalue weighted by Crippen LogP contribution is -2.33. The summed E-state index contributed by atoms with van der Waals surface area (Å²) in [5, 5.41) is 7.12. The van der Waals surface area contributed by atoms with Crippen LogP contribution in [0.25, 0.3) is 0 Å². The second-order valence-electron chi connectivity index (χ2n) is 7.63. The molecule has 29 heavy (non-hydrogen) atoms. The Morgan fingerprint density at radius 2 is 1.72 bits per heavy atom. The third-order valence-corrected chi connectivity index (χ3v) is 5.77. The maximum absolute atomic E-state index is 6.40. The summed E-state index contributed by atoms with van der Waals surface area (Å²) in [6.45, 7) is 2.37. The van der Waals surface area contributed by atoms with Gasteiger partial charge in [-0.1, -0.05) is 48.0 Å². The maximum atomic E-state index is 6.40. The van der Waals surface area contributed by atoms with Crippen molar-refractivity contribution < 1.29 is 14.2 Å². The number of rotatable bonds is 2. The molecule has 0 radical (unpaired) electrons. The maximum Gasteiger partial charge on any atom is 0.231 e. The third kappa shape index (κ3) is 2.65. The van der Waals surface area contributed by atoms with Gasteiger partial charge in [0.25, 0.3) is 0 Å². The van der Waals surface area contributed by atoms with Gasteiger partial charge in [0.2, 0.25) is 13.0 Å². The highest BCUT2D eigenvalue weighted by atomic mass is 16.7. The van der Waals surface area contributed by atoms with Crippen molar-refractivity contribution >= 4 is 5.71 Å². The first-order chi connectivity index (χ1) is 14.3. The molecule has 0 saturated heterocycles.